The third kappa shape index (κ3) is 3.19. The van der Waals surface area contributed by atoms with E-state index in [1.54, 1.807) is 0 Å². The first-order valence-electron chi connectivity index (χ1n) is 6.35. The molecule has 0 aromatic heterocycles. The highest BCUT2D eigenvalue weighted by Crippen LogP contribution is 2.42. The second-order valence-corrected chi connectivity index (χ2v) is 8.28. The van der Waals surface area contributed by atoms with Crippen LogP contribution in [0.1, 0.15) is 13.8 Å². The van der Waals surface area contributed by atoms with E-state index in [0.717, 1.165) is 0 Å². The quantitative estimate of drug-likeness (QED) is 0.744. The molecular weight excluding hydrogens is 254 g/mol. The van der Waals surface area contributed by atoms with E-state index in [2.05, 4.69) is 83.8 Å². The van der Waals surface area contributed by atoms with Crippen LogP contribution in [-0.2, 0) is 0 Å². The molecule has 2 aromatic carbocycles. The summed E-state index contributed by atoms with van der Waals surface area (Å²) < 4.78 is 0. The van der Waals surface area contributed by atoms with Gasteiger partial charge >= 0.3 is 0 Å². The first-order valence-corrected chi connectivity index (χ1v) is 8.43. The van der Waals surface area contributed by atoms with Crippen LogP contribution in [0.4, 0.5) is 0 Å². The molecule has 94 valence electrons. The second-order valence-electron chi connectivity index (χ2n) is 4.64. The van der Waals surface area contributed by atoms with Crippen molar-refractivity contribution < 1.29 is 0 Å². The van der Waals surface area contributed by atoms with Crippen molar-refractivity contribution in [3.63, 3.8) is 0 Å². The minimum absolute atomic E-state index is 0.272. The zero-order valence-corrected chi connectivity index (χ0v) is 13.0. The van der Waals surface area contributed by atoms with Gasteiger partial charge in [-0.2, -0.15) is 0 Å². The molecular formula is C16H20P2. The molecule has 0 saturated heterocycles. The molecule has 2 aromatic rings. The van der Waals surface area contributed by atoms with Gasteiger partial charge in [0.2, 0.25) is 0 Å². The van der Waals surface area contributed by atoms with Gasteiger partial charge in [0.1, 0.15) is 0 Å². The molecule has 3 unspecified atom stereocenters. The monoisotopic (exact) mass is 274 g/mol. The summed E-state index contributed by atoms with van der Waals surface area (Å²) in [5, 5.41) is 2.95. The van der Waals surface area contributed by atoms with E-state index in [9.17, 15) is 0 Å². The van der Waals surface area contributed by atoms with Crippen molar-refractivity contribution in [3.8, 4) is 0 Å². The Bertz CT molecular complexity index is 425. The van der Waals surface area contributed by atoms with Crippen molar-refractivity contribution >= 4 is 27.8 Å². The summed E-state index contributed by atoms with van der Waals surface area (Å²) in [6, 6.07) is 21.8. The smallest absolute Gasteiger partial charge is 0.00969 e. The fourth-order valence-electron chi connectivity index (χ4n) is 2.03. The van der Waals surface area contributed by atoms with E-state index in [4.69, 9.17) is 0 Å². The maximum Gasteiger partial charge on any atom is -0.00969 e. The molecule has 3 atom stereocenters. The van der Waals surface area contributed by atoms with Gasteiger partial charge in [0.25, 0.3) is 0 Å². The Labute approximate surface area is 114 Å². The average Bonchev–Trinajstić information content (AvgIpc) is 2.41. The predicted molar refractivity (Wildman–Crippen MR) is 87.7 cm³/mol. The van der Waals surface area contributed by atoms with Gasteiger partial charge in [-0.25, -0.2) is 0 Å². The SMILES string of the molecule is CC(P)C(C)P(c1ccccc1)c1ccccc1. The summed E-state index contributed by atoms with van der Waals surface area (Å²) in [6.45, 7) is 4.65. The molecule has 0 heterocycles. The van der Waals surface area contributed by atoms with E-state index >= 15 is 0 Å². The van der Waals surface area contributed by atoms with Crippen molar-refractivity contribution in [2.75, 3.05) is 0 Å². The Hall–Kier alpha value is -0.700. The molecule has 0 aliphatic carbocycles. The molecule has 2 heteroatoms. The summed E-state index contributed by atoms with van der Waals surface area (Å²) in [6.07, 6.45) is 0. The van der Waals surface area contributed by atoms with E-state index in [1.807, 2.05) is 0 Å². The molecule has 0 radical (unpaired) electrons. The molecule has 0 bridgehead atoms. The molecule has 0 nitrogen and oxygen atoms in total. The molecule has 0 saturated carbocycles. The summed E-state index contributed by atoms with van der Waals surface area (Å²) in [5.41, 5.74) is 1.28. The van der Waals surface area contributed by atoms with E-state index in [1.165, 1.54) is 10.6 Å². The van der Waals surface area contributed by atoms with Crippen molar-refractivity contribution in [2.45, 2.75) is 25.2 Å². The zero-order valence-electron chi connectivity index (χ0n) is 11.0. The molecule has 0 fully saturated rings. The minimum atomic E-state index is -0.272. The number of hydrogen-bond acceptors (Lipinski definition) is 0. The average molecular weight is 274 g/mol. The van der Waals surface area contributed by atoms with Crippen LogP contribution in [0.3, 0.4) is 0 Å². The molecule has 0 N–H and O–H groups in total. The lowest BCUT2D eigenvalue weighted by Gasteiger charge is -2.28. The Morgan fingerprint density at radius 1 is 0.778 bits per heavy atom. The Morgan fingerprint density at radius 3 is 1.50 bits per heavy atom. The molecule has 2 rings (SSSR count). The standard InChI is InChI=1S/C16H20P2/c1-13(17)14(2)18(15-9-5-3-6-10-15)16-11-7-4-8-12-16/h3-14H,17H2,1-2H3. The lowest BCUT2D eigenvalue weighted by Crippen LogP contribution is -2.24. The largest absolute Gasteiger partial charge is 0.134 e. The summed E-state index contributed by atoms with van der Waals surface area (Å²) in [4.78, 5) is 0. The molecule has 0 aliphatic rings. The summed E-state index contributed by atoms with van der Waals surface area (Å²) in [5.74, 6) is 0. The van der Waals surface area contributed by atoms with Crippen LogP contribution >= 0.6 is 17.2 Å². The molecule has 0 amide bonds. The summed E-state index contributed by atoms with van der Waals surface area (Å²) in [7, 11) is 2.69. The first kappa shape index (κ1) is 13.7. The minimum Gasteiger partial charge on any atom is -0.134 e. The lowest BCUT2D eigenvalue weighted by atomic mass is 10.3. The molecule has 0 spiro atoms. The maximum atomic E-state index is 2.96. The van der Waals surface area contributed by atoms with E-state index in [-0.39, 0.29) is 7.92 Å². The normalized spacial score (nSPS) is 14.4. The Kier molecular flexibility index (Phi) is 4.93. The Morgan fingerprint density at radius 2 is 1.17 bits per heavy atom. The van der Waals surface area contributed by atoms with Crippen molar-refractivity contribution in [1.82, 2.24) is 0 Å². The zero-order chi connectivity index (χ0) is 13.0. The second kappa shape index (κ2) is 6.46. The highest BCUT2D eigenvalue weighted by atomic mass is 31.1. The van der Waals surface area contributed by atoms with Gasteiger partial charge in [0.05, 0.1) is 0 Å². The molecule has 18 heavy (non-hydrogen) atoms. The van der Waals surface area contributed by atoms with Gasteiger partial charge < -0.3 is 0 Å². The van der Waals surface area contributed by atoms with E-state index < -0.39 is 0 Å². The van der Waals surface area contributed by atoms with Crippen molar-refractivity contribution in [1.29, 1.82) is 0 Å². The van der Waals surface area contributed by atoms with Gasteiger partial charge in [-0.05, 0) is 29.8 Å². The van der Waals surface area contributed by atoms with E-state index in [0.29, 0.717) is 11.3 Å². The highest BCUT2D eigenvalue weighted by Gasteiger charge is 2.22. The van der Waals surface area contributed by atoms with Crippen LogP contribution in [0.5, 0.6) is 0 Å². The van der Waals surface area contributed by atoms with Crippen LogP contribution in [0.2, 0.25) is 0 Å². The fourth-order valence-corrected chi connectivity index (χ4v) is 5.24. The first-order chi connectivity index (χ1) is 8.70. The number of benzene rings is 2. The van der Waals surface area contributed by atoms with Crippen molar-refractivity contribution in [3.05, 3.63) is 60.7 Å². The Balaban J connectivity index is 2.42. The van der Waals surface area contributed by atoms with Gasteiger partial charge in [0.15, 0.2) is 0 Å². The fraction of sp³-hybridized carbons (Fsp3) is 0.250. The van der Waals surface area contributed by atoms with Gasteiger partial charge in [0, 0.05) is 0 Å². The van der Waals surface area contributed by atoms with Crippen LogP contribution in [0, 0.1) is 0 Å². The topological polar surface area (TPSA) is 0 Å². The predicted octanol–water partition coefficient (Wildman–Crippen LogP) is 3.77. The van der Waals surface area contributed by atoms with Crippen LogP contribution in [-0.4, -0.2) is 11.3 Å². The van der Waals surface area contributed by atoms with Gasteiger partial charge in [-0.1, -0.05) is 74.5 Å². The maximum absolute atomic E-state index is 2.96. The number of rotatable bonds is 4. The van der Waals surface area contributed by atoms with Gasteiger partial charge in [-0.3, -0.25) is 0 Å². The lowest BCUT2D eigenvalue weighted by molar-refractivity contribution is 0.921. The van der Waals surface area contributed by atoms with Crippen LogP contribution in [0.15, 0.2) is 60.7 Å². The molecule has 0 aliphatic heterocycles. The third-order valence-electron chi connectivity index (χ3n) is 3.24. The van der Waals surface area contributed by atoms with Crippen LogP contribution < -0.4 is 10.6 Å². The third-order valence-corrected chi connectivity index (χ3v) is 7.13. The van der Waals surface area contributed by atoms with Crippen LogP contribution in [0.25, 0.3) is 0 Å². The summed E-state index contributed by atoms with van der Waals surface area (Å²) >= 11 is 0. The van der Waals surface area contributed by atoms with Gasteiger partial charge in [-0.15, -0.1) is 9.24 Å². The highest BCUT2D eigenvalue weighted by molar-refractivity contribution is 7.73. The van der Waals surface area contributed by atoms with Crippen molar-refractivity contribution in [2.24, 2.45) is 0 Å². The number of hydrogen-bond donors (Lipinski definition) is 0.